The number of halogens is 1. The summed E-state index contributed by atoms with van der Waals surface area (Å²) in [5, 5.41) is 19.2. The molecule has 0 radical (unpaired) electrons. The minimum absolute atomic E-state index is 0.217. The van der Waals surface area contributed by atoms with Crippen LogP contribution in [0.1, 0.15) is 13.3 Å². The molecule has 0 aromatic carbocycles. The maximum Gasteiger partial charge on any atom is 0.300 e. The Hall–Kier alpha value is -1.21. The van der Waals surface area contributed by atoms with Gasteiger partial charge in [-0.3, -0.25) is 10.1 Å². The molecular formula is C8H8ClN3O4S2. The molecule has 1 N–H and O–H groups in total. The lowest BCUT2D eigenvalue weighted by Crippen LogP contribution is -2.32. The van der Waals surface area contributed by atoms with Gasteiger partial charge in [-0.05, 0) is 6.42 Å². The van der Waals surface area contributed by atoms with Crippen LogP contribution in [0.2, 0.25) is 4.34 Å². The van der Waals surface area contributed by atoms with Crippen molar-refractivity contribution in [3.63, 3.8) is 0 Å². The van der Waals surface area contributed by atoms with Crippen LogP contribution in [-0.4, -0.2) is 19.4 Å². The Morgan fingerprint density at radius 2 is 2.33 bits per heavy atom. The van der Waals surface area contributed by atoms with E-state index in [0.717, 1.165) is 6.07 Å². The van der Waals surface area contributed by atoms with Crippen molar-refractivity contribution in [3.05, 3.63) is 20.5 Å². The van der Waals surface area contributed by atoms with Gasteiger partial charge in [-0.2, -0.15) is 9.98 Å². The van der Waals surface area contributed by atoms with Gasteiger partial charge in [-0.1, -0.05) is 18.5 Å². The van der Waals surface area contributed by atoms with Gasteiger partial charge < -0.3 is 0 Å². The van der Waals surface area contributed by atoms with Crippen LogP contribution in [0.25, 0.3) is 0 Å². The molecule has 10 heteroatoms. The zero-order valence-electron chi connectivity index (χ0n) is 9.08. The fraction of sp³-hybridized carbons (Fsp3) is 0.375. The van der Waals surface area contributed by atoms with Gasteiger partial charge in [0.2, 0.25) is 0 Å². The molecule has 1 unspecified atom stereocenters. The number of sulfonamides is 1. The second kappa shape index (κ2) is 5.62. The summed E-state index contributed by atoms with van der Waals surface area (Å²) in [4.78, 5) is 9.79. The second-order valence-corrected chi connectivity index (χ2v) is 6.79. The lowest BCUT2D eigenvalue weighted by atomic mass is 10.3. The number of thiophene rings is 1. The Bertz CT molecular complexity index is 604. The molecule has 98 valence electrons. The summed E-state index contributed by atoms with van der Waals surface area (Å²) < 4.78 is 25.3. The maximum absolute atomic E-state index is 11.8. The number of nitriles is 1. The van der Waals surface area contributed by atoms with Crippen LogP contribution >= 0.6 is 22.9 Å². The zero-order valence-corrected chi connectivity index (χ0v) is 11.5. The minimum atomic E-state index is -3.96. The van der Waals surface area contributed by atoms with Gasteiger partial charge in [0.15, 0.2) is 4.34 Å². The standard InChI is InChI=1S/C8H8ClN3O4S2/c1-2-5(4-10)11-18(15,16)7-3-6(12(13)14)8(9)17-7/h3,5,11H,2H2,1H3. The van der Waals surface area contributed by atoms with E-state index in [9.17, 15) is 18.5 Å². The van der Waals surface area contributed by atoms with E-state index in [2.05, 4.69) is 4.72 Å². The Labute approximate surface area is 112 Å². The molecule has 0 aliphatic rings. The molecule has 0 amide bonds. The number of nitro groups is 1. The van der Waals surface area contributed by atoms with Crippen molar-refractivity contribution in [1.29, 1.82) is 5.26 Å². The first-order valence-electron chi connectivity index (χ1n) is 4.67. The first-order chi connectivity index (χ1) is 8.31. The van der Waals surface area contributed by atoms with Crippen molar-refractivity contribution in [3.8, 4) is 6.07 Å². The monoisotopic (exact) mass is 309 g/mol. The van der Waals surface area contributed by atoms with Crippen molar-refractivity contribution in [2.45, 2.75) is 23.6 Å². The summed E-state index contributed by atoms with van der Waals surface area (Å²) in [6, 6.07) is 1.76. The lowest BCUT2D eigenvalue weighted by molar-refractivity contribution is -0.384. The van der Waals surface area contributed by atoms with Gasteiger partial charge in [-0.25, -0.2) is 8.42 Å². The molecule has 0 saturated heterocycles. The topological polar surface area (TPSA) is 113 Å². The van der Waals surface area contributed by atoms with Crippen molar-refractivity contribution < 1.29 is 13.3 Å². The van der Waals surface area contributed by atoms with E-state index in [4.69, 9.17) is 16.9 Å². The fourth-order valence-corrected chi connectivity index (χ4v) is 3.95. The highest BCUT2D eigenvalue weighted by Gasteiger charge is 2.26. The third kappa shape index (κ3) is 3.17. The third-order valence-electron chi connectivity index (χ3n) is 1.97. The van der Waals surface area contributed by atoms with E-state index in [-0.39, 0.29) is 15.0 Å². The van der Waals surface area contributed by atoms with Crippen LogP contribution in [-0.2, 0) is 10.0 Å². The molecule has 0 bridgehead atoms. The van der Waals surface area contributed by atoms with E-state index in [0.29, 0.717) is 11.3 Å². The molecule has 1 heterocycles. The van der Waals surface area contributed by atoms with Crippen LogP contribution in [0.3, 0.4) is 0 Å². The molecule has 1 rings (SSSR count). The summed E-state index contributed by atoms with van der Waals surface area (Å²) in [6.07, 6.45) is 0.289. The van der Waals surface area contributed by atoms with Crippen molar-refractivity contribution in [2.75, 3.05) is 0 Å². The number of hydrogen-bond acceptors (Lipinski definition) is 6. The summed E-state index contributed by atoms with van der Waals surface area (Å²) in [5.41, 5.74) is -0.466. The highest BCUT2D eigenvalue weighted by molar-refractivity contribution is 7.91. The highest BCUT2D eigenvalue weighted by atomic mass is 35.5. The first kappa shape index (κ1) is 14.8. The normalized spacial score (nSPS) is 12.9. The molecule has 0 saturated carbocycles. The summed E-state index contributed by atoms with van der Waals surface area (Å²) in [5.74, 6) is 0. The Kier molecular flexibility index (Phi) is 4.64. The Balaban J connectivity index is 3.11. The number of rotatable bonds is 5. The molecule has 0 spiro atoms. The van der Waals surface area contributed by atoms with E-state index in [1.54, 1.807) is 13.0 Å². The Morgan fingerprint density at radius 1 is 1.72 bits per heavy atom. The summed E-state index contributed by atoms with van der Waals surface area (Å²) in [7, 11) is -3.96. The predicted octanol–water partition coefficient (Wildman–Crippen LogP) is 1.89. The Morgan fingerprint density at radius 3 is 2.72 bits per heavy atom. The van der Waals surface area contributed by atoms with Crippen LogP contribution in [0.4, 0.5) is 5.69 Å². The van der Waals surface area contributed by atoms with E-state index >= 15 is 0 Å². The molecule has 1 atom stereocenters. The average molecular weight is 310 g/mol. The van der Waals surface area contributed by atoms with E-state index in [1.807, 2.05) is 0 Å². The van der Waals surface area contributed by atoms with Crippen LogP contribution in [0.5, 0.6) is 0 Å². The van der Waals surface area contributed by atoms with Gasteiger partial charge in [0.1, 0.15) is 10.3 Å². The molecular weight excluding hydrogens is 302 g/mol. The lowest BCUT2D eigenvalue weighted by Gasteiger charge is -2.07. The van der Waals surface area contributed by atoms with Gasteiger partial charge >= 0.3 is 0 Å². The maximum atomic E-state index is 11.8. The third-order valence-corrected chi connectivity index (χ3v) is 5.25. The molecule has 1 aromatic heterocycles. The van der Waals surface area contributed by atoms with Crippen molar-refractivity contribution >= 4 is 38.6 Å². The van der Waals surface area contributed by atoms with Gasteiger partial charge in [0.25, 0.3) is 15.7 Å². The summed E-state index contributed by atoms with van der Waals surface area (Å²) in [6.45, 7) is 1.64. The van der Waals surface area contributed by atoms with Crippen LogP contribution in [0, 0.1) is 21.4 Å². The molecule has 7 nitrogen and oxygen atoms in total. The van der Waals surface area contributed by atoms with Gasteiger partial charge in [0.05, 0.1) is 11.0 Å². The number of nitrogens with zero attached hydrogens (tertiary/aromatic N) is 2. The molecule has 1 aromatic rings. The summed E-state index contributed by atoms with van der Waals surface area (Å²) >= 11 is 6.15. The SMILES string of the molecule is CCC(C#N)NS(=O)(=O)c1cc([N+](=O)[O-])c(Cl)s1. The minimum Gasteiger partial charge on any atom is -0.258 e. The van der Waals surface area contributed by atoms with Gasteiger partial charge in [-0.15, -0.1) is 11.3 Å². The fourth-order valence-electron chi connectivity index (χ4n) is 1.04. The second-order valence-electron chi connectivity index (χ2n) is 3.19. The predicted molar refractivity (Wildman–Crippen MR) is 66.0 cm³/mol. The average Bonchev–Trinajstić information content (AvgIpc) is 2.69. The van der Waals surface area contributed by atoms with Crippen molar-refractivity contribution in [1.82, 2.24) is 4.72 Å². The highest BCUT2D eigenvalue weighted by Crippen LogP contribution is 2.36. The largest absolute Gasteiger partial charge is 0.300 e. The van der Waals surface area contributed by atoms with E-state index in [1.165, 1.54) is 0 Å². The molecule has 0 fully saturated rings. The zero-order chi connectivity index (χ0) is 13.9. The quantitative estimate of drug-likeness (QED) is 0.659. The first-order valence-corrected chi connectivity index (χ1v) is 7.35. The van der Waals surface area contributed by atoms with Crippen LogP contribution in [0.15, 0.2) is 10.3 Å². The number of nitrogens with one attached hydrogen (secondary N) is 1. The van der Waals surface area contributed by atoms with Crippen molar-refractivity contribution in [2.24, 2.45) is 0 Å². The molecule has 0 aliphatic carbocycles. The van der Waals surface area contributed by atoms with Gasteiger partial charge in [0, 0.05) is 6.07 Å². The molecule has 0 aliphatic heterocycles. The van der Waals surface area contributed by atoms with Crippen LogP contribution < -0.4 is 4.72 Å². The number of hydrogen-bond donors (Lipinski definition) is 1. The van der Waals surface area contributed by atoms with E-state index < -0.39 is 26.7 Å². The molecule has 18 heavy (non-hydrogen) atoms. The smallest absolute Gasteiger partial charge is 0.258 e.